The van der Waals surface area contributed by atoms with Crippen molar-refractivity contribution in [2.24, 2.45) is 0 Å². The van der Waals surface area contributed by atoms with Crippen molar-refractivity contribution in [2.45, 2.75) is 45.7 Å². The molecular weight excluding hydrogens is 289 g/mol. The van der Waals surface area contributed by atoms with Crippen molar-refractivity contribution in [1.82, 2.24) is 14.5 Å². The molecule has 0 amide bonds. The molecule has 21 heavy (non-hydrogen) atoms. The molecule has 5 heteroatoms. The number of hydrogen-bond acceptors (Lipinski definition) is 2. The number of fused-ring (bicyclic) bond motifs is 1. The predicted molar refractivity (Wildman–Crippen MR) is 86.4 cm³/mol. The number of rotatable bonds is 6. The normalized spacial score (nSPS) is 12.0. The number of hydrogen-bond donors (Lipinski definition) is 0. The number of aromatic nitrogens is 2. The quantitative estimate of drug-likeness (QED) is 0.753. The maximum Gasteiger partial charge on any atom is 0.128 e. The number of aryl methyl sites for hydroxylation is 2. The fourth-order valence-electron chi connectivity index (χ4n) is 2.39. The van der Waals surface area contributed by atoms with E-state index in [1.54, 1.807) is 6.92 Å². The zero-order chi connectivity index (χ0) is 15.6. The van der Waals surface area contributed by atoms with Gasteiger partial charge < -0.3 is 9.47 Å². The highest BCUT2D eigenvalue weighted by atomic mass is 35.5. The van der Waals surface area contributed by atoms with Gasteiger partial charge in [-0.15, -0.1) is 11.6 Å². The standard InChI is InChI=1S/C16H23ClFN3/c1-11(2)20(4)6-5-7-21-15-8-12(3)13(18)9-14(15)19-16(21)10-17/h8-9,11H,5-7,10H2,1-4H3. The van der Waals surface area contributed by atoms with Gasteiger partial charge in [0, 0.05) is 18.7 Å². The lowest BCUT2D eigenvalue weighted by Gasteiger charge is -2.21. The molecule has 1 aromatic carbocycles. The molecule has 1 heterocycles. The van der Waals surface area contributed by atoms with Gasteiger partial charge in [-0.05, 0) is 52.4 Å². The summed E-state index contributed by atoms with van der Waals surface area (Å²) in [6.45, 7) is 8.00. The van der Waals surface area contributed by atoms with Crippen LogP contribution in [-0.2, 0) is 12.4 Å². The van der Waals surface area contributed by atoms with Crippen molar-refractivity contribution in [3.05, 3.63) is 29.3 Å². The van der Waals surface area contributed by atoms with Crippen LogP contribution in [0.25, 0.3) is 11.0 Å². The van der Waals surface area contributed by atoms with Crippen molar-refractivity contribution < 1.29 is 4.39 Å². The molecule has 116 valence electrons. The number of benzene rings is 1. The Morgan fingerprint density at radius 2 is 2.10 bits per heavy atom. The average Bonchev–Trinajstić information content (AvgIpc) is 2.76. The number of halogens is 2. The summed E-state index contributed by atoms with van der Waals surface area (Å²) < 4.78 is 15.8. The lowest BCUT2D eigenvalue weighted by atomic mass is 10.2. The first-order valence-electron chi connectivity index (χ1n) is 7.35. The molecule has 0 bridgehead atoms. The van der Waals surface area contributed by atoms with E-state index < -0.39 is 0 Å². The Morgan fingerprint density at radius 1 is 1.38 bits per heavy atom. The fraction of sp³-hybridized carbons (Fsp3) is 0.562. The minimum absolute atomic E-state index is 0.215. The fourth-order valence-corrected chi connectivity index (χ4v) is 2.59. The van der Waals surface area contributed by atoms with Crippen LogP contribution in [0.15, 0.2) is 12.1 Å². The van der Waals surface area contributed by atoms with Crippen LogP contribution >= 0.6 is 11.6 Å². The molecule has 0 spiro atoms. The minimum Gasteiger partial charge on any atom is -0.327 e. The second-order valence-electron chi connectivity index (χ2n) is 5.83. The van der Waals surface area contributed by atoms with Crippen LogP contribution in [0.2, 0.25) is 0 Å². The lowest BCUT2D eigenvalue weighted by molar-refractivity contribution is 0.265. The topological polar surface area (TPSA) is 21.1 Å². The summed E-state index contributed by atoms with van der Waals surface area (Å²) in [4.78, 5) is 6.75. The Hall–Kier alpha value is -1.13. The molecule has 1 aromatic heterocycles. The van der Waals surface area contributed by atoms with Crippen LogP contribution in [0, 0.1) is 12.7 Å². The van der Waals surface area contributed by atoms with Crippen molar-refractivity contribution in [3.63, 3.8) is 0 Å². The van der Waals surface area contributed by atoms with Crippen molar-refractivity contribution in [3.8, 4) is 0 Å². The SMILES string of the molecule is Cc1cc2c(cc1F)nc(CCl)n2CCCN(C)C(C)C. The third-order valence-corrected chi connectivity index (χ3v) is 4.24. The van der Waals surface area contributed by atoms with Crippen LogP contribution in [-0.4, -0.2) is 34.1 Å². The van der Waals surface area contributed by atoms with Gasteiger partial charge in [0.2, 0.25) is 0 Å². The maximum absolute atomic E-state index is 13.7. The second kappa shape index (κ2) is 6.75. The van der Waals surface area contributed by atoms with E-state index in [0.29, 0.717) is 23.0 Å². The Labute approximate surface area is 130 Å². The summed E-state index contributed by atoms with van der Waals surface area (Å²) in [6.07, 6.45) is 1.01. The Kier molecular flexibility index (Phi) is 5.22. The summed E-state index contributed by atoms with van der Waals surface area (Å²) in [7, 11) is 2.12. The van der Waals surface area contributed by atoms with Gasteiger partial charge in [0.1, 0.15) is 11.6 Å². The van der Waals surface area contributed by atoms with Gasteiger partial charge in [0.05, 0.1) is 16.9 Å². The highest BCUT2D eigenvalue weighted by Gasteiger charge is 2.12. The molecule has 0 fully saturated rings. The molecule has 2 rings (SSSR count). The van der Waals surface area contributed by atoms with Gasteiger partial charge >= 0.3 is 0 Å². The van der Waals surface area contributed by atoms with Gasteiger partial charge in [0.15, 0.2) is 0 Å². The molecule has 0 atom stereocenters. The van der Waals surface area contributed by atoms with Crippen molar-refractivity contribution >= 4 is 22.6 Å². The molecule has 0 aliphatic carbocycles. The van der Waals surface area contributed by atoms with E-state index >= 15 is 0 Å². The lowest BCUT2D eigenvalue weighted by Crippen LogP contribution is -2.28. The summed E-state index contributed by atoms with van der Waals surface area (Å²) in [5.74, 6) is 0.937. The van der Waals surface area contributed by atoms with E-state index in [1.165, 1.54) is 6.07 Å². The summed E-state index contributed by atoms with van der Waals surface area (Å²) in [5.41, 5.74) is 2.30. The Morgan fingerprint density at radius 3 is 2.71 bits per heavy atom. The van der Waals surface area contributed by atoms with E-state index in [0.717, 1.165) is 30.9 Å². The molecule has 0 radical (unpaired) electrons. The van der Waals surface area contributed by atoms with E-state index in [-0.39, 0.29) is 5.82 Å². The van der Waals surface area contributed by atoms with E-state index in [4.69, 9.17) is 11.6 Å². The van der Waals surface area contributed by atoms with Crippen molar-refractivity contribution in [2.75, 3.05) is 13.6 Å². The highest BCUT2D eigenvalue weighted by Crippen LogP contribution is 2.21. The van der Waals surface area contributed by atoms with E-state index in [9.17, 15) is 4.39 Å². The second-order valence-corrected chi connectivity index (χ2v) is 6.10. The van der Waals surface area contributed by atoms with Crippen LogP contribution in [0.1, 0.15) is 31.7 Å². The van der Waals surface area contributed by atoms with Gasteiger partial charge in [0.25, 0.3) is 0 Å². The molecule has 3 nitrogen and oxygen atoms in total. The van der Waals surface area contributed by atoms with Gasteiger partial charge in [-0.25, -0.2) is 9.37 Å². The van der Waals surface area contributed by atoms with Crippen LogP contribution in [0.3, 0.4) is 0 Å². The molecule has 0 aliphatic heterocycles. The largest absolute Gasteiger partial charge is 0.327 e. The summed E-state index contributed by atoms with van der Waals surface area (Å²) >= 11 is 5.99. The molecule has 2 aromatic rings. The predicted octanol–water partition coefficient (Wildman–Crippen LogP) is 3.95. The minimum atomic E-state index is -0.215. The number of imidazole rings is 1. The van der Waals surface area contributed by atoms with Crippen LogP contribution in [0.4, 0.5) is 4.39 Å². The molecule has 0 saturated heterocycles. The highest BCUT2D eigenvalue weighted by molar-refractivity contribution is 6.16. The molecule has 0 saturated carbocycles. The zero-order valence-corrected chi connectivity index (χ0v) is 13.9. The first-order chi connectivity index (χ1) is 9.93. The molecular formula is C16H23ClFN3. The molecule has 0 aliphatic rings. The molecule has 0 N–H and O–H groups in total. The van der Waals surface area contributed by atoms with E-state index in [2.05, 4.69) is 35.3 Å². The van der Waals surface area contributed by atoms with Crippen LogP contribution in [0.5, 0.6) is 0 Å². The average molecular weight is 312 g/mol. The van der Waals surface area contributed by atoms with Gasteiger partial charge in [-0.2, -0.15) is 0 Å². The van der Waals surface area contributed by atoms with E-state index in [1.807, 2.05) is 6.07 Å². The third-order valence-electron chi connectivity index (χ3n) is 4.00. The summed E-state index contributed by atoms with van der Waals surface area (Å²) in [6, 6.07) is 3.89. The van der Waals surface area contributed by atoms with Gasteiger partial charge in [-0.1, -0.05) is 0 Å². The maximum atomic E-state index is 13.7. The van der Waals surface area contributed by atoms with Crippen molar-refractivity contribution in [1.29, 1.82) is 0 Å². The Balaban J connectivity index is 2.23. The Bertz CT molecular complexity index is 621. The monoisotopic (exact) mass is 311 g/mol. The smallest absolute Gasteiger partial charge is 0.128 e. The van der Waals surface area contributed by atoms with Crippen LogP contribution < -0.4 is 0 Å². The first kappa shape index (κ1) is 16.2. The number of alkyl halides is 1. The number of nitrogens with zero attached hydrogens (tertiary/aromatic N) is 3. The zero-order valence-electron chi connectivity index (χ0n) is 13.2. The first-order valence-corrected chi connectivity index (χ1v) is 7.89. The summed E-state index contributed by atoms with van der Waals surface area (Å²) in [5, 5.41) is 0. The van der Waals surface area contributed by atoms with Gasteiger partial charge in [-0.3, -0.25) is 0 Å². The third kappa shape index (κ3) is 3.55. The molecule has 0 unspecified atom stereocenters.